The topological polar surface area (TPSA) is 49.4 Å². The maximum atomic E-state index is 12.7. The van der Waals surface area contributed by atoms with E-state index in [9.17, 15) is 9.59 Å². The highest BCUT2D eigenvalue weighted by atomic mass is 32.1. The molecule has 1 aromatic heterocycles. The minimum absolute atomic E-state index is 0.0349. The van der Waals surface area contributed by atoms with E-state index in [2.05, 4.69) is 17.4 Å². The molecule has 0 radical (unpaired) electrons. The van der Waals surface area contributed by atoms with Crippen LogP contribution in [0.15, 0.2) is 47.8 Å². The molecule has 0 bridgehead atoms. The molecule has 2 aliphatic rings. The SMILES string of the molecule is O=C(NC1CC1)C1CN(C(=O)c2cccs2)CC1c1ccccc1. The third kappa shape index (κ3) is 3.08. The van der Waals surface area contributed by atoms with E-state index >= 15 is 0 Å². The Balaban J connectivity index is 1.57. The van der Waals surface area contributed by atoms with Gasteiger partial charge in [-0.15, -0.1) is 11.3 Å². The first kappa shape index (κ1) is 15.4. The molecule has 4 nitrogen and oxygen atoms in total. The van der Waals surface area contributed by atoms with Gasteiger partial charge in [0, 0.05) is 25.0 Å². The summed E-state index contributed by atoms with van der Waals surface area (Å²) >= 11 is 1.45. The van der Waals surface area contributed by atoms with Gasteiger partial charge in [0.2, 0.25) is 5.91 Å². The molecule has 2 heterocycles. The third-order valence-electron chi connectivity index (χ3n) is 4.83. The fourth-order valence-corrected chi connectivity index (χ4v) is 4.06. The number of likely N-dealkylation sites (tertiary alicyclic amines) is 1. The van der Waals surface area contributed by atoms with Gasteiger partial charge in [0.05, 0.1) is 10.8 Å². The first-order valence-electron chi connectivity index (χ1n) is 8.40. The number of amides is 2. The molecule has 1 saturated carbocycles. The molecule has 2 aromatic rings. The van der Waals surface area contributed by atoms with E-state index in [-0.39, 0.29) is 23.7 Å². The second-order valence-electron chi connectivity index (χ2n) is 6.59. The average molecular weight is 340 g/mol. The van der Waals surface area contributed by atoms with Crippen molar-refractivity contribution in [2.24, 2.45) is 5.92 Å². The molecule has 5 heteroatoms. The van der Waals surface area contributed by atoms with Crippen LogP contribution in [0.25, 0.3) is 0 Å². The van der Waals surface area contributed by atoms with Crippen LogP contribution >= 0.6 is 11.3 Å². The Bertz CT molecular complexity index is 725. The molecule has 1 aliphatic carbocycles. The Morgan fingerprint density at radius 2 is 1.83 bits per heavy atom. The Labute approximate surface area is 145 Å². The van der Waals surface area contributed by atoms with E-state index in [1.54, 1.807) is 0 Å². The first-order valence-corrected chi connectivity index (χ1v) is 9.28. The lowest BCUT2D eigenvalue weighted by Crippen LogP contribution is -2.36. The lowest BCUT2D eigenvalue weighted by Gasteiger charge is -2.17. The zero-order valence-electron chi connectivity index (χ0n) is 13.4. The molecule has 1 aliphatic heterocycles. The molecule has 1 saturated heterocycles. The molecular formula is C19H20N2O2S. The number of carbonyl (C=O) groups excluding carboxylic acids is 2. The van der Waals surface area contributed by atoms with Crippen LogP contribution in [0.4, 0.5) is 0 Å². The van der Waals surface area contributed by atoms with Gasteiger partial charge in [-0.25, -0.2) is 0 Å². The van der Waals surface area contributed by atoms with Crippen LogP contribution in [0.2, 0.25) is 0 Å². The molecule has 4 rings (SSSR count). The monoisotopic (exact) mass is 340 g/mol. The van der Waals surface area contributed by atoms with Gasteiger partial charge in [-0.1, -0.05) is 36.4 Å². The number of nitrogens with zero attached hydrogens (tertiary/aromatic N) is 1. The molecule has 2 fully saturated rings. The van der Waals surface area contributed by atoms with Crippen molar-refractivity contribution in [2.45, 2.75) is 24.8 Å². The normalized spacial score (nSPS) is 23.2. The maximum Gasteiger partial charge on any atom is 0.263 e. The highest BCUT2D eigenvalue weighted by Crippen LogP contribution is 2.34. The van der Waals surface area contributed by atoms with E-state index in [1.165, 1.54) is 11.3 Å². The summed E-state index contributed by atoms with van der Waals surface area (Å²) < 4.78 is 0. The van der Waals surface area contributed by atoms with Crippen LogP contribution in [0.1, 0.15) is 34.0 Å². The van der Waals surface area contributed by atoms with Crippen LogP contribution in [-0.2, 0) is 4.79 Å². The minimum Gasteiger partial charge on any atom is -0.353 e. The lowest BCUT2D eigenvalue weighted by atomic mass is 9.88. The van der Waals surface area contributed by atoms with E-state index in [4.69, 9.17) is 0 Å². The van der Waals surface area contributed by atoms with Gasteiger partial charge in [-0.05, 0) is 29.9 Å². The van der Waals surface area contributed by atoms with E-state index in [1.807, 2.05) is 40.6 Å². The number of nitrogens with one attached hydrogen (secondary N) is 1. The van der Waals surface area contributed by atoms with Crippen molar-refractivity contribution in [1.29, 1.82) is 0 Å². The highest BCUT2D eigenvalue weighted by Gasteiger charge is 2.41. The standard InChI is InChI=1S/C19H20N2O2S/c22-18(20-14-8-9-14)16-12-21(19(23)17-7-4-10-24-17)11-15(16)13-5-2-1-3-6-13/h1-7,10,14-16H,8-9,11-12H2,(H,20,22). The lowest BCUT2D eigenvalue weighted by molar-refractivity contribution is -0.125. The highest BCUT2D eigenvalue weighted by molar-refractivity contribution is 7.12. The van der Waals surface area contributed by atoms with Gasteiger partial charge in [0.1, 0.15) is 0 Å². The quantitative estimate of drug-likeness (QED) is 0.930. The van der Waals surface area contributed by atoms with Crippen molar-refractivity contribution >= 4 is 23.2 Å². The van der Waals surface area contributed by atoms with Gasteiger partial charge < -0.3 is 10.2 Å². The molecule has 1 aromatic carbocycles. The zero-order chi connectivity index (χ0) is 16.5. The van der Waals surface area contributed by atoms with E-state index in [0.717, 1.165) is 23.3 Å². The van der Waals surface area contributed by atoms with Crippen LogP contribution in [0.3, 0.4) is 0 Å². The van der Waals surface area contributed by atoms with Gasteiger partial charge >= 0.3 is 0 Å². The molecule has 1 N–H and O–H groups in total. The van der Waals surface area contributed by atoms with Gasteiger partial charge in [-0.2, -0.15) is 0 Å². The van der Waals surface area contributed by atoms with Crippen LogP contribution in [0.5, 0.6) is 0 Å². The summed E-state index contributed by atoms with van der Waals surface area (Å²) in [6.45, 7) is 1.10. The van der Waals surface area contributed by atoms with Gasteiger partial charge in [0.15, 0.2) is 0 Å². The number of rotatable bonds is 4. The zero-order valence-corrected chi connectivity index (χ0v) is 14.2. The summed E-state index contributed by atoms with van der Waals surface area (Å²) in [4.78, 5) is 28.0. The Morgan fingerprint density at radius 1 is 1.04 bits per heavy atom. The smallest absolute Gasteiger partial charge is 0.263 e. The number of hydrogen-bond acceptors (Lipinski definition) is 3. The number of thiophene rings is 1. The first-order chi connectivity index (χ1) is 11.7. The second-order valence-corrected chi connectivity index (χ2v) is 7.54. The molecule has 124 valence electrons. The summed E-state index contributed by atoms with van der Waals surface area (Å²) in [5.41, 5.74) is 1.13. The van der Waals surface area contributed by atoms with Crippen molar-refractivity contribution in [3.05, 3.63) is 58.3 Å². The molecule has 2 unspecified atom stereocenters. The third-order valence-corrected chi connectivity index (χ3v) is 5.69. The van der Waals surface area contributed by atoms with E-state index in [0.29, 0.717) is 19.1 Å². The molecule has 2 amide bonds. The molecular weight excluding hydrogens is 320 g/mol. The average Bonchev–Trinajstić information content (AvgIpc) is 3.11. The molecule has 24 heavy (non-hydrogen) atoms. The summed E-state index contributed by atoms with van der Waals surface area (Å²) in [6, 6.07) is 14.2. The second kappa shape index (κ2) is 6.40. The number of carbonyl (C=O) groups is 2. The maximum absolute atomic E-state index is 12.7. The van der Waals surface area contributed by atoms with Crippen LogP contribution < -0.4 is 5.32 Å². The van der Waals surface area contributed by atoms with Crippen LogP contribution in [0, 0.1) is 5.92 Å². The summed E-state index contributed by atoms with van der Waals surface area (Å²) in [6.07, 6.45) is 2.15. The Hall–Kier alpha value is -2.14. The Morgan fingerprint density at radius 3 is 2.50 bits per heavy atom. The van der Waals surface area contributed by atoms with Crippen molar-refractivity contribution in [1.82, 2.24) is 10.2 Å². The molecule has 0 spiro atoms. The Kier molecular flexibility index (Phi) is 4.10. The summed E-state index contributed by atoms with van der Waals surface area (Å²) in [7, 11) is 0. The van der Waals surface area contributed by atoms with E-state index < -0.39 is 0 Å². The van der Waals surface area contributed by atoms with Crippen molar-refractivity contribution < 1.29 is 9.59 Å². The largest absolute Gasteiger partial charge is 0.353 e. The van der Waals surface area contributed by atoms with Gasteiger partial charge in [0.25, 0.3) is 5.91 Å². The number of benzene rings is 1. The van der Waals surface area contributed by atoms with Crippen molar-refractivity contribution in [3.63, 3.8) is 0 Å². The predicted octanol–water partition coefficient (Wildman–Crippen LogP) is 2.88. The fourth-order valence-electron chi connectivity index (χ4n) is 3.37. The van der Waals surface area contributed by atoms with Gasteiger partial charge in [-0.3, -0.25) is 9.59 Å². The fraction of sp³-hybridized carbons (Fsp3) is 0.368. The van der Waals surface area contributed by atoms with Crippen LogP contribution in [-0.4, -0.2) is 35.8 Å². The van der Waals surface area contributed by atoms with Crippen molar-refractivity contribution in [2.75, 3.05) is 13.1 Å². The number of hydrogen-bond donors (Lipinski definition) is 1. The minimum atomic E-state index is -0.170. The van der Waals surface area contributed by atoms with Crippen molar-refractivity contribution in [3.8, 4) is 0 Å². The predicted molar refractivity (Wildman–Crippen MR) is 94.1 cm³/mol. The summed E-state index contributed by atoms with van der Waals surface area (Å²) in [5.74, 6) is 0.0197. The molecule has 2 atom stereocenters. The summed E-state index contributed by atoms with van der Waals surface area (Å²) in [5, 5.41) is 5.03.